The van der Waals surface area contributed by atoms with Gasteiger partial charge < -0.3 is 10.2 Å². The molecule has 0 radical (unpaired) electrons. The summed E-state index contributed by atoms with van der Waals surface area (Å²) in [5, 5.41) is 23.7. The lowest BCUT2D eigenvalue weighted by Crippen LogP contribution is -2.59. The Morgan fingerprint density at radius 2 is 0.864 bits per heavy atom. The predicted octanol–water partition coefficient (Wildman–Crippen LogP) is 3.36. The molecule has 122 valence electrons. The van der Waals surface area contributed by atoms with Crippen molar-refractivity contribution in [3.63, 3.8) is 0 Å². The highest BCUT2D eigenvalue weighted by Crippen LogP contribution is 2.71. The molecule has 6 aliphatic rings. The molecule has 6 rings (SSSR count). The maximum Gasteiger partial charge on any atom is 0.0969 e. The fourth-order valence-corrected chi connectivity index (χ4v) is 9.24. The third kappa shape index (κ3) is 1.27. The Labute approximate surface area is 133 Å². The largest absolute Gasteiger partial charge is 0.387 e. The maximum absolute atomic E-state index is 11.9. The maximum atomic E-state index is 11.9. The standard InChI is InChI=1S/C20H30O2/c21-19(9-13-3-1-11-5-7-15(19)17(11)13)20(22)10-14-4-2-12-6-8-16(20)18(12)14/h11-18,21-22H,1-10H2/t11?,12?,13?,14?,15?,16?,17-,18+,19+,20-. The highest BCUT2D eigenvalue weighted by molar-refractivity contribution is 5.23. The molecule has 0 heterocycles. The van der Waals surface area contributed by atoms with E-state index in [9.17, 15) is 10.2 Å². The van der Waals surface area contributed by atoms with Crippen LogP contribution in [0.15, 0.2) is 0 Å². The van der Waals surface area contributed by atoms with Crippen LogP contribution in [0.3, 0.4) is 0 Å². The second-order valence-corrected chi connectivity index (χ2v) is 9.97. The molecular weight excluding hydrogens is 272 g/mol. The number of aliphatic hydroxyl groups is 2. The molecule has 0 saturated heterocycles. The van der Waals surface area contributed by atoms with Crippen molar-refractivity contribution in [1.29, 1.82) is 0 Å². The van der Waals surface area contributed by atoms with Gasteiger partial charge in [0.25, 0.3) is 0 Å². The average molecular weight is 302 g/mol. The molecule has 0 aromatic rings. The third-order valence-electron chi connectivity index (χ3n) is 9.74. The Bertz CT molecular complexity index is 472. The molecule has 0 aromatic heterocycles. The van der Waals surface area contributed by atoms with Crippen molar-refractivity contribution in [1.82, 2.24) is 0 Å². The zero-order valence-corrected chi connectivity index (χ0v) is 13.6. The van der Waals surface area contributed by atoms with Crippen LogP contribution in [0.2, 0.25) is 0 Å². The molecule has 6 aliphatic carbocycles. The molecule has 0 spiro atoms. The molecule has 2 nitrogen and oxygen atoms in total. The first-order chi connectivity index (χ1) is 10.6. The molecule has 0 bridgehead atoms. The highest BCUT2D eigenvalue weighted by atomic mass is 16.4. The Hall–Kier alpha value is -0.0800. The normalized spacial score (nSPS) is 67.9. The minimum Gasteiger partial charge on any atom is -0.387 e. The van der Waals surface area contributed by atoms with Crippen LogP contribution in [0.5, 0.6) is 0 Å². The van der Waals surface area contributed by atoms with Crippen molar-refractivity contribution in [3.8, 4) is 0 Å². The first kappa shape index (κ1) is 13.2. The monoisotopic (exact) mass is 302 g/mol. The molecule has 2 N–H and O–H groups in total. The Kier molecular flexibility index (Phi) is 2.37. The predicted molar refractivity (Wildman–Crippen MR) is 84.0 cm³/mol. The van der Waals surface area contributed by atoms with E-state index in [-0.39, 0.29) is 0 Å². The summed E-state index contributed by atoms with van der Waals surface area (Å²) in [6.45, 7) is 0. The summed E-state index contributed by atoms with van der Waals surface area (Å²) in [5.41, 5.74) is -1.47. The van der Waals surface area contributed by atoms with Gasteiger partial charge in [-0.3, -0.25) is 0 Å². The van der Waals surface area contributed by atoms with Crippen LogP contribution in [0.25, 0.3) is 0 Å². The van der Waals surface area contributed by atoms with Crippen molar-refractivity contribution in [3.05, 3.63) is 0 Å². The van der Waals surface area contributed by atoms with Gasteiger partial charge in [0.1, 0.15) is 0 Å². The van der Waals surface area contributed by atoms with Gasteiger partial charge in [-0.15, -0.1) is 0 Å². The van der Waals surface area contributed by atoms with Crippen LogP contribution in [0, 0.1) is 47.3 Å². The molecule has 0 aromatic carbocycles. The summed E-state index contributed by atoms with van der Waals surface area (Å²) in [6.07, 6.45) is 12.3. The third-order valence-corrected chi connectivity index (χ3v) is 9.74. The van der Waals surface area contributed by atoms with Gasteiger partial charge in [0.2, 0.25) is 0 Å². The smallest absolute Gasteiger partial charge is 0.0969 e. The summed E-state index contributed by atoms with van der Waals surface area (Å²) in [4.78, 5) is 0. The van der Waals surface area contributed by atoms with Crippen molar-refractivity contribution in [2.45, 2.75) is 75.4 Å². The summed E-state index contributed by atoms with van der Waals surface area (Å²) in [5.74, 6) is 5.57. The van der Waals surface area contributed by atoms with Gasteiger partial charge >= 0.3 is 0 Å². The lowest BCUT2D eigenvalue weighted by atomic mass is 9.67. The zero-order valence-electron chi connectivity index (χ0n) is 13.6. The van der Waals surface area contributed by atoms with Crippen molar-refractivity contribution < 1.29 is 10.2 Å². The van der Waals surface area contributed by atoms with Gasteiger partial charge in [0.15, 0.2) is 0 Å². The van der Waals surface area contributed by atoms with Gasteiger partial charge in [-0.1, -0.05) is 0 Å². The van der Waals surface area contributed by atoms with E-state index in [4.69, 9.17) is 0 Å². The topological polar surface area (TPSA) is 40.5 Å². The summed E-state index contributed by atoms with van der Waals surface area (Å²) in [6, 6.07) is 0. The van der Waals surface area contributed by atoms with E-state index in [1.165, 1.54) is 51.4 Å². The molecule has 0 aliphatic heterocycles. The minimum atomic E-state index is -0.735. The number of hydrogen-bond acceptors (Lipinski definition) is 2. The number of hydrogen-bond donors (Lipinski definition) is 2. The first-order valence-corrected chi connectivity index (χ1v) is 10.1. The fraction of sp³-hybridized carbons (Fsp3) is 1.00. The molecule has 6 unspecified atom stereocenters. The molecule has 0 amide bonds. The second kappa shape index (κ2) is 3.94. The molecular formula is C20H30O2. The van der Waals surface area contributed by atoms with Crippen LogP contribution in [0.1, 0.15) is 64.2 Å². The van der Waals surface area contributed by atoms with E-state index >= 15 is 0 Å². The Morgan fingerprint density at radius 1 is 0.500 bits per heavy atom. The molecule has 6 saturated carbocycles. The molecule has 6 fully saturated rings. The lowest BCUT2D eigenvalue weighted by molar-refractivity contribution is -0.194. The van der Waals surface area contributed by atoms with E-state index in [1.54, 1.807) is 0 Å². The van der Waals surface area contributed by atoms with Gasteiger partial charge in [-0.25, -0.2) is 0 Å². The van der Waals surface area contributed by atoms with Crippen molar-refractivity contribution in [2.24, 2.45) is 47.3 Å². The van der Waals surface area contributed by atoms with E-state index in [1.807, 2.05) is 0 Å². The van der Waals surface area contributed by atoms with E-state index in [0.717, 1.165) is 48.3 Å². The average Bonchev–Trinajstić information content (AvgIpc) is 3.24. The van der Waals surface area contributed by atoms with Crippen LogP contribution in [-0.2, 0) is 0 Å². The first-order valence-electron chi connectivity index (χ1n) is 10.1. The van der Waals surface area contributed by atoms with E-state index in [0.29, 0.717) is 11.8 Å². The van der Waals surface area contributed by atoms with E-state index < -0.39 is 11.2 Å². The van der Waals surface area contributed by atoms with Gasteiger partial charge in [-0.05, 0) is 112 Å². The second-order valence-electron chi connectivity index (χ2n) is 9.97. The molecule has 22 heavy (non-hydrogen) atoms. The van der Waals surface area contributed by atoms with Crippen LogP contribution >= 0.6 is 0 Å². The minimum absolute atomic E-state index is 0.424. The molecule has 10 atom stereocenters. The summed E-state index contributed by atoms with van der Waals surface area (Å²) >= 11 is 0. The number of rotatable bonds is 1. The van der Waals surface area contributed by atoms with Crippen molar-refractivity contribution >= 4 is 0 Å². The quantitative estimate of drug-likeness (QED) is 0.780. The summed E-state index contributed by atoms with van der Waals surface area (Å²) in [7, 11) is 0. The Balaban J connectivity index is 1.41. The molecule has 2 heteroatoms. The lowest BCUT2D eigenvalue weighted by Gasteiger charge is -2.47. The Morgan fingerprint density at radius 3 is 1.32 bits per heavy atom. The van der Waals surface area contributed by atoms with Crippen LogP contribution in [0.4, 0.5) is 0 Å². The van der Waals surface area contributed by atoms with Gasteiger partial charge in [0, 0.05) is 0 Å². The van der Waals surface area contributed by atoms with Crippen molar-refractivity contribution in [2.75, 3.05) is 0 Å². The SMILES string of the molecule is O[C@]1([C@]2(O)CC3CCC4CCC2[C@H]43)CC2CCC3CCC1[C@@H]32. The van der Waals surface area contributed by atoms with Gasteiger partial charge in [0.05, 0.1) is 11.2 Å². The summed E-state index contributed by atoms with van der Waals surface area (Å²) < 4.78 is 0. The van der Waals surface area contributed by atoms with Crippen LogP contribution in [-0.4, -0.2) is 21.4 Å². The van der Waals surface area contributed by atoms with Crippen LogP contribution < -0.4 is 0 Å². The zero-order chi connectivity index (χ0) is 14.7. The van der Waals surface area contributed by atoms with Gasteiger partial charge in [-0.2, -0.15) is 0 Å². The van der Waals surface area contributed by atoms with E-state index in [2.05, 4.69) is 0 Å². The fourth-order valence-electron chi connectivity index (χ4n) is 9.24. The highest BCUT2D eigenvalue weighted by Gasteiger charge is 2.73.